The highest BCUT2D eigenvalue weighted by Gasteiger charge is 2.61. The van der Waals surface area contributed by atoms with Crippen molar-refractivity contribution in [2.24, 2.45) is 16.7 Å². The minimum absolute atomic E-state index is 0.0548. The van der Waals surface area contributed by atoms with Gasteiger partial charge in [-0.15, -0.1) is 0 Å². The quantitative estimate of drug-likeness (QED) is 0.842. The van der Waals surface area contributed by atoms with Crippen LogP contribution in [0.15, 0.2) is 24.3 Å². The molecule has 3 rings (SSSR count). The Hall–Kier alpha value is -1.52. The Kier molecular flexibility index (Phi) is 3.54. The Balaban J connectivity index is 1.74. The van der Waals surface area contributed by atoms with Gasteiger partial charge in [-0.05, 0) is 60.3 Å². The second-order valence-corrected chi connectivity index (χ2v) is 7.71. The van der Waals surface area contributed by atoms with E-state index in [0.29, 0.717) is 5.92 Å². The molecule has 2 saturated carbocycles. The third-order valence-corrected chi connectivity index (χ3v) is 6.57. The summed E-state index contributed by atoms with van der Waals surface area (Å²) in [5.41, 5.74) is -0.214. The fourth-order valence-electron chi connectivity index (χ4n) is 4.47. The van der Waals surface area contributed by atoms with Crippen LogP contribution < -0.4 is 5.32 Å². The Bertz CT molecular complexity index is 620. The van der Waals surface area contributed by atoms with E-state index in [1.165, 1.54) is 18.6 Å². The first-order chi connectivity index (χ1) is 10.6. The van der Waals surface area contributed by atoms with Gasteiger partial charge in [0.25, 0.3) is 5.91 Å². The molecule has 5 heteroatoms. The highest BCUT2D eigenvalue weighted by atomic mass is 19.4. The molecule has 0 saturated heterocycles. The average molecular weight is 325 g/mol. The van der Waals surface area contributed by atoms with Gasteiger partial charge in [0, 0.05) is 11.6 Å². The van der Waals surface area contributed by atoms with E-state index in [9.17, 15) is 18.0 Å². The summed E-state index contributed by atoms with van der Waals surface area (Å²) in [6, 6.07) is 4.51. The molecule has 1 aromatic rings. The molecule has 0 radical (unpaired) electrons. The van der Waals surface area contributed by atoms with Crippen LogP contribution >= 0.6 is 0 Å². The van der Waals surface area contributed by atoms with Crippen LogP contribution in [0.4, 0.5) is 13.2 Å². The highest BCUT2D eigenvalue weighted by Crippen LogP contribution is 2.65. The summed E-state index contributed by atoms with van der Waals surface area (Å²) in [6.07, 6.45) is -1.15. The van der Waals surface area contributed by atoms with Crippen LogP contribution in [0.1, 0.15) is 56.0 Å². The van der Waals surface area contributed by atoms with Crippen LogP contribution in [0.25, 0.3) is 0 Å². The minimum atomic E-state index is -4.38. The molecule has 1 amide bonds. The SMILES string of the molecule is CC1(C)C2CCC1(C)C(NC(=O)c1ccc(C(F)(F)F)cc1)C2. The molecule has 2 aliphatic rings. The second-order valence-electron chi connectivity index (χ2n) is 7.71. The summed E-state index contributed by atoms with van der Waals surface area (Å²) in [5.74, 6) is 0.318. The van der Waals surface area contributed by atoms with Gasteiger partial charge in [-0.1, -0.05) is 20.8 Å². The fraction of sp³-hybridized carbons (Fsp3) is 0.611. The Labute approximate surface area is 134 Å². The largest absolute Gasteiger partial charge is 0.416 e. The van der Waals surface area contributed by atoms with Gasteiger partial charge in [0.05, 0.1) is 5.56 Å². The summed E-state index contributed by atoms with van der Waals surface area (Å²) in [5, 5.41) is 3.06. The number of rotatable bonds is 2. The molecule has 2 fully saturated rings. The lowest BCUT2D eigenvalue weighted by atomic mass is 9.69. The summed E-state index contributed by atoms with van der Waals surface area (Å²) in [4.78, 5) is 12.4. The van der Waals surface area contributed by atoms with Gasteiger partial charge in [0.2, 0.25) is 0 Å². The topological polar surface area (TPSA) is 29.1 Å². The monoisotopic (exact) mass is 325 g/mol. The van der Waals surface area contributed by atoms with Gasteiger partial charge < -0.3 is 5.32 Å². The molecule has 3 atom stereocenters. The van der Waals surface area contributed by atoms with E-state index >= 15 is 0 Å². The predicted molar refractivity (Wildman–Crippen MR) is 81.9 cm³/mol. The van der Waals surface area contributed by atoms with Crippen LogP contribution in [0.2, 0.25) is 0 Å². The van der Waals surface area contributed by atoms with E-state index in [1.807, 2.05) is 0 Å². The Morgan fingerprint density at radius 2 is 1.78 bits per heavy atom. The van der Waals surface area contributed by atoms with E-state index < -0.39 is 11.7 Å². The molecule has 1 aromatic carbocycles. The molecule has 2 aliphatic carbocycles. The summed E-state index contributed by atoms with van der Waals surface area (Å²) >= 11 is 0. The van der Waals surface area contributed by atoms with Crippen molar-refractivity contribution < 1.29 is 18.0 Å². The van der Waals surface area contributed by atoms with Crippen LogP contribution in [0, 0.1) is 16.7 Å². The standard InChI is InChI=1S/C18H22F3NO/c1-16(2)13-8-9-17(16,3)14(10-13)22-15(23)11-4-6-12(7-5-11)18(19,20)21/h4-7,13-14H,8-10H2,1-3H3,(H,22,23). The number of hydrogen-bond acceptors (Lipinski definition) is 1. The van der Waals surface area contributed by atoms with Crippen molar-refractivity contribution >= 4 is 5.91 Å². The molecule has 0 spiro atoms. The van der Waals surface area contributed by atoms with Gasteiger partial charge in [-0.2, -0.15) is 13.2 Å². The molecule has 0 aromatic heterocycles. The average Bonchev–Trinajstić information content (AvgIpc) is 2.80. The van der Waals surface area contributed by atoms with Crippen LogP contribution in [0.3, 0.4) is 0 Å². The van der Waals surface area contributed by atoms with Crippen molar-refractivity contribution in [1.29, 1.82) is 0 Å². The van der Waals surface area contributed by atoms with Gasteiger partial charge in [0.15, 0.2) is 0 Å². The molecule has 3 unspecified atom stereocenters. The lowest BCUT2D eigenvalue weighted by Gasteiger charge is -2.39. The first-order valence-corrected chi connectivity index (χ1v) is 8.04. The van der Waals surface area contributed by atoms with E-state index in [-0.39, 0.29) is 28.3 Å². The zero-order chi connectivity index (χ0) is 17.0. The van der Waals surface area contributed by atoms with Crippen molar-refractivity contribution in [3.8, 4) is 0 Å². The normalized spacial score (nSPS) is 32.1. The number of amides is 1. The second kappa shape index (κ2) is 4.99. The summed E-state index contributed by atoms with van der Waals surface area (Å²) in [6.45, 7) is 6.74. The number of benzene rings is 1. The molecule has 2 nitrogen and oxygen atoms in total. The minimum Gasteiger partial charge on any atom is -0.349 e. The molecule has 126 valence electrons. The van der Waals surface area contributed by atoms with Crippen LogP contribution in [-0.2, 0) is 6.18 Å². The van der Waals surface area contributed by atoms with Crippen LogP contribution in [0.5, 0.6) is 0 Å². The molecule has 1 N–H and O–H groups in total. The number of carbonyl (C=O) groups excluding carboxylic acids is 1. The summed E-state index contributed by atoms with van der Waals surface area (Å²) < 4.78 is 37.8. The molecule has 0 aliphatic heterocycles. The van der Waals surface area contributed by atoms with E-state index in [0.717, 1.165) is 25.0 Å². The molecular weight excluding hydrogens is 303 g/mol. The number of halogens is 3. The maximum absolute atomic E-state index is 12.6. The fourth-order valence-corrected chi connectivity index (χ4v) is 4.47. The molecule has 2 bridgehead atoms. The zero-order valence-electron chi connectivity index (χ0n) is 13.6. The van der Waals surface area contributed by atoms with Crippen molar-refractivity contribution in [3.63, 3.8) is 0 Å². The van der Waals surface area contributed by atoms with Crippen molar-refractivity contribution in [2.75, 3.05) is 0 Å². The lowest BCUT2D eigenvalue weighted by molar-refractivity contribution is -0.137. The lowest BCUT2D eigenvalue weighted by Crippen LogP contribution is -2.46. The number of fused-ring (bicyclic) bond motifs is 2. The number of hydrogen-bond donors (Lipinski definition) is 1. The highest BCUT2D eigenvalue weighted by molar-refractivity contribution is 5.94. The molecule has 0 heterocycles. The Morgan fingerprint density at radius 3 is 2.22 bits per heavy atom. The number of carbonyl (C=O) groups is 1. The molecule has 23 heavy (non-hydrogen) atoms. The number of nitrogens with one attached hydrogen (secondary N) is 1. The van der Waals surface area contributed by atoms with E-state index in [1.54, 1.807) is 0 Å². The summed E-state index contributed by atoms with van der Waals surface area (Å²) in [7, 11) is 0. The predicted octanol–water partition coefficient (Wildman–Crippen LogP) is 4.65. The van der Waals surface area contributed by atoms with Crippen molar-refractivity contribution in [1.82, 2.24) is 5.32 Å². The number of alkyl halides is 3. The van der Waals surface area contributed by atoms with Crippen LogP contribution in [-0.4, -0.2) is 11.9 Å². The first-order valence-electron chi connectivity index (χ1n) is 8.04. The first kappa shape index (κ1) is 16.3. The van der Waals surface area contributed by atoms with Gasteiger partial charge in [-0.25, -0.2) is 0 Å². The van der Waals surface area contributed by atoms with E-state index in [2.05, 4.69) is 26.1 Å². The maximum atomic E-state index is 12.6. The van der Waals surface area contributed by atoms with Gasteiger partial charge in [-0.3, -0.25) is 4.79 Å². The van der Waals surface area contributed by atoms with E-state index in [4.69, 9.17) is 0 Å². The third-order valence-electron chi connectivity index (χ3n) is 6.57. The van der Waals surface area contributed by atoms with Gasteiger partial charge >= 0.3 is 6.18 Å². The molecular formula is C18H22F3NO. The zero-order valence-corrected chi connectivity index (χ0v) is 13.6. The van der Waals surface area contributed by atoms with Crippen molar-refractivity contribution in [3.05, 3.63) is 35.4 Å². The van der Waals surface area contributed by atoms with Crippen molar-refractivity contribution in [2.45, 2.75) is 52.3 Å². The van der Waals surface area contributed by atoms with Gasteiger partial charge in [0.1, 0.15) is 0 Å². The maximum Gasteiger partial charge on any atom is 0.416 e. The third kappa shape index (κ3) is 2.45. The smallest absolute Gasteiger partial charge is 0.349 e. The Morgan fingerprint density at radius 1 is 1.17 bits per heavy atom.